The second-order valence-electron chi connectivity index (χ2n) is 2.28. The number of rotatable bonds is 5. The van der Waals surface area contributed by atoms with E-state index in [9.17, 15) is 0 Å². The van der Waals surface area contributed by atoms with Crippen molar-refractivity contribution in [2.75, 3.05) is 20.4 Å². The van der Waals surface area contributed by atoms with Crippen LogP contribution in [0.1, 0.15) is 20.3 Å². The Hall–Kier alpha value is -0.500. The lowest BCUT2D eigenvalue weighted by atomic mass is 10.5. The fraction of sp³-hybridized carbons (Fsp3) is 0.750. The molecule has 0 saturated carbocycles. The van der Waals surface area contributed by atoms with E-state index in [1.54, 1.807) is 0 Å². The summed E-state index contributed by atoms with van der Waals surface area (Å²) in [5, 5.41) is 0. The van der Waals surface area contributed by atoms with Gasteiger partial charge in [-0.25, -0.2) is 0 Å². The fourth-order valence-electron chi connectivity index (χ4n) is 0.650. The van der Waals surface area contributed by atoms with Crippen molar-refractivity contribution in [3.63, 3.8) is 0 Å². The second kappa shape index (κ2) is 6.62. The molecular weight excluding hydrogens is 126 g/mol. The molecule has 0 aromatic carbocycles. The molecule has 0 amide bonds. The van der Waals surface area contributed by atoms with Gasteiger partial charge in [0.1, 0.15) is 6.73 Å². The second-order valence-corrected chi connectivity index (χ2v) is 2.28. The van der Waals surface area contributed by atoms with Crippen LogP contribution < -0.4 is 0 Å². The van der Waals surface area contributed by atoms with Gasteiger partial charge in [-0.15, -0.1) is 0 Å². The van der Waals surface area contributed by atoms with Gasteiger partial charge in [0.05, 0.1) is 0 Å². The molecule has 0 aromatic heterocycles. The third kappa shape index (κ3) is 5.63. The van der Waals surface area contributed by atoms with E-state index in [1.165, 1.54) is 0 Å². The van der Waals surface area contributed by atoms with E-state index in [4.69, 9.17) is 4.74 Å². The van der Waals surface area contributed by atoms with Crippen molar-refractivity contribution < 1.29 is 4.74 Å². The van der Waals surface area contributed by atoms with Crippen LogP contribution in [-0.2, 0) is 4.74 Å². The van der Waals surface area contributed by atoms with Crippen molar-refractivity contribution in [3.8, 4) is 0 Å². The Bertz CT molecular complexity index is 91.3. The summed E-state index contributed by atoms with van der Waals surface area (Å²) in [5.74, 6) is 0. The van der Waals surface area contributed by atoms with E-state index in [-0.39, 0.29) is 0 Å². The fourth-order valence-corrected chi connectivity index (χ4v) is 0.650. The number of ether oxygens (including phenoxy) is 1. The van der Waals surface area contributed by atoms with Crippen molar-refractivity contribution in [2.24, 2.45) is 0 Å². The minimum absolute atomic E-state index is 0.693. The van der Waals surface area contributed by atoms with Gasteiger partial charge in [-0.2, -0.15) is 0 Å². The van der Waals surface area contributed by atoms with E-state index in [1.807, 2.05) is 31.1 Å². The van der Waals surface area contributed by atoms with E-state index >= 15 is 0 Å². The molecule has 0 rings (SSSR count). The summed E-state index contributed by atoms with van der Waals surface area (Å²) in [6.07, 6.45) is 5.08. The minimum atomic E-state index is 0.693. The molecule has 0 heterocycles. The van der Waals surface area contributed by atoms with E-state index < -0.39 is 0 Å². The number of hydrogen-bond donors (Lipinski definition) is 0. The van der Waals surface area contributed by atoms with Gasteiger partial charge in [0.25, 0.3) is 0 Å². The van der Waals surface area contributed by atoms with Crippen LogP contribution in [0.2, 0.25) is 0 Å². The molecule has 60 valence electrons. The van der Waals surface area contributed by atoms with Crippen molar-refractivity contribution in [2.45, 2.75) is 20.3 Å². The molecule has 0 aliphatic heterocycles. The maximum atomic E-state index is 5.27. The first-order chi connectivity index (χ1) is 4.81. The Kier molecular flexibility index (Phi) is 6.29. The molecular formula is C8H17NO. The molecule has 0 aliphatic carbocycles. The number of hydrogen-bond acceptors (Lipinski definition) is 2. The van der Waals surface area contributed by atoms with Crippen molar-refractivity contribution in [1.82, 2.24) is 4.90 Å². The Morgan fingerprint density at radius 2 is 2.20 bits per heavy atom. The van der Waals surface area contributed by atoms with Crippen molar-refractivity contribution in [1.29, 1.82) is 0 Å². The molecule has 0 bridgehead atoms. The third-order valence-electron chi connectivity index (χ3n) is 1.05. The van der Waals surface area contributed by atoms with E-state index in [0.29, 0.717) is 6.73 Å². The molecule has 0 radical (unpaired) electrons. The molecule has 2 heteroatoms. The standard InChI is InChI=1S/C8H17NO/c1-4-6-9(3)8-10-7-5-2/h4,6H,5,7-8H2,1-3H3. The van der Waals surface area contributed by atoms with Gasteiger partial charge >= 0.3 is 0 Å². The average Bonchev–Trinajstić information content (AvgIpc) is 1.89. The topological polar surface area (TPSA) is 12.5 Å². The van der Waals surface area contributed by atoms with Gasteiger partial charge in [0.2, 0.25) is 0 Å². The molecule has 0 N–H and O–H groups in total. The van der Waals surface area contributed by atoms with Gasteiger partial charge in [0, 0.05) is 13.7 Å². The van der Waals surface area contributed by atoms with Crippen LogP contribution in [0.15, 0.2) is 12.3 Å². The molecule has 0 spiro atoms. The summed E-state index contributed by atoms with van der Waals surface area (Å²) in [6.45, 7) is 5.64. The van der Waals surface area contributed by atoms with Crippen LogP contribution in [-0.4, -0.2) is 25.3 Å². The number of nitrogens with zero attached hydrogens (tertiary/aromatic N) is 1. The molecule has 0 fully saturated rings. The zero-order valence-corrected chi connectivity index (χ0v) is 7.13. The van der Waals surface area contributed by atoms with Crippen LogP contribution in [0.25, 0.3) is 0 Å². The van der Waals surface area contributed by atoms with E-state index in [0.717, 1.165) is 13.0 Å². The summed E-state index contributed by atoms with van der Waals surface area (Å²) in [5.41, 5.74) is 0. The summed E-state index contributed by atoms with van der Waals surface area (Å²) < 4.78 is 5.27. The SMILES string of the molecule is CC=CN(C)COCCC. The first kappa shape index (κ1) is 9.50. The molecule has 0 aromatic rings. The summed E-state index contributed by atoms with van der Waals surface area (Å²) in [4.78, 5) is 2.01. The maximum absolute atomic E-state index is 5.27. The lowest BCUT2D eigenvalue weighted by Gasteiger charge is -2.12. The van der Waals surface area contributed by atoms with Crippen LogP contribution in [0, 0.1) is 0 Å². The number of allylic oxidation sites excluding steroid dienone is 1. The molecule has 0 aliphatic rings. The normalized spacial score (nSPS) is 10.7. The zero-order valence-electron chi connectivity index (χ0n) is 7.13. The molecule has 2 nitrogen and oxygen atoms in total. The van der Waals surface area contributed by atoms with Crippen LogP contribution in [0.3, 0.4) is 0 Å². The van der Waals surface area contributed by atoms with Crippen LogP contribution >= 0.6 is 0 Å². The minimum Gasteiger partial charge on any atom is -0.361 e. The quantitative estimate of drug-likeness (QED) is 0.430. The van der Waals surface area contributed by atoms with Crippen molar-refractivity contribution in [3.05, 3.63) is 12.3 Å². The Balaban J connectivity index is 3.13. The van der Waals surface area contributed by atoms with Gasteiger partial charge in [0.15, 0.2) is 0 Å². The Labute approximate surface area is 63.5 Å². The van der Waals surface area contributed by atoms with E-state index in [2.05, 4.69) is 6.92 Å². The third-order valence-corrected chi connectivity index (χ3v) is 1.05. The zero-order chi connectivity index (χ0) is 7.82. The molecule has 0 atom stereocenters. The average molecular weight is 143 g/mol. The Morgan fingerprint density at radius 3 is 2.70 bits per heavy atom. The van der Waals surface area contributed by atoms with Gasteiger partial charge in [-0.3, -0.25) is 0 Å². The lowest BCUT2D eigenvalue weighted by Crippen LogP contribution is -2.15. The summed E-state index contributed by atoms with van der Waals surface area (Å²) >= 11 is 0. The smallest absolute Gasteiger partial charge is 0.118 e. The highest BCUT2D eigenvalue weighted by molar-refractivity contribution is 4.73. The van der Waals surface area contributed by atoms with Gasteiger partial charge < -0.3 is 9.64 Å². The monoisotopic (exact) mass is 143 g/mol. The first-order valence-corrected chi connectivity index (χ1v) is 3.72. The summed E-state index contributed by atoms with van der Waals surface area (Å²) in [6, 6.07) is 0. The van der Waals surface area contributed by atoms with Gasteiger partial charge in [-0.1, -0.05) is 13.0 Å². The predicted molar refractivity (Wildman–Crippen MR) is 43.7 cm³/mol. The predicted octanol–water partition coefficient (Wildman–Crippen LogP) is 1.84. The Morgan fingerprint density at radius 1 is 1.50 bits per heavy atom. The van der Waals surface area contributed by atoms with Crippen LogP contribution in [0.5, 0.6) is 0 Å². The van der Waals surface area contributed by atoms with Gasteiger partial charge in [-0.05, 0) is 19.5 Å². The van der Waals surface area contributed by atoms with Crippen LogP contribution in [0.4, 0.5) is 0 Å². The highest BCUT2D eigenvalue weighted by atomic mass is 16.5. The molecule has 0 unspecified atom stereocenters. The largest absolute Gasteiger partial charge is 0.361 e. The lowest BCUT2D eigenvalue weighted by molar-refractivity contribution is 0.0666. The highest BCUT2D eigenvalue weighted by Gasteiger charge is 1.87. The first-order valence-electron chi connectivity index (χ1n) is 3.72. The van der Waals surface area contributed by atoms with Crippen molar-refractivity contribution >= 4 is 0 Å². The highest BCUT2D eigenvalue weighted by Crippen LogP contribution is 1.86. The maximum Gasteiger partial charge on any atom is 0.118 e. The molecule has 10 heavy (non-hydrogen) atoms. The summed E-state index contributed by atoms with van der Waals surface area (Å²) in [7, 11) is 2.00. The molecule has 0 saturated heterocycles.